The molecular formula is C56H98O5Si6. The fourth-order valence-corrected chi connectivity index (χ4v) is 45.8. The van der Waals surface area contributed by atoms with Crippen LogP contribution in [0.3, 0.4) is 0 Å². The molecule has 6 fully saturated rings. The lowest BCUT2D eigenvalue weighted by Crippen LogP contribution is -2.71. The number of hydrogen-bond acceptors (Lipinski definition) is 5. The first kappa shape index (κ1) is 50.6. The van der Waals surface area contributed by atoms with Gasteiger partial charge in [-0.2, -0.15) is 0 Å². The van der Waals surface area contributed by atoms with E-state index in [0.717, 1.165) is 71.0 Å². The van der Waals surface area contributed by atoms with Gasteiger partial charge in [-0.25, -0.2) is 0 Å². The Kier molecular flexibility index (Phi) is 15.4. The van der Waals surface area contributed by atoms with E-state index in [1.165, 1.54) is 165 Å². The second-order valence-electron chi connectivity index (χ2n) is 27.7. The topological polar surface area (TPSA) is 46.2 Å². The van der Waals surface area contributed by atoms with Crippen LogP contribution in [-0.2, 0) is 20.6 Å². The number of allylic oxidation sites excluding steroid dienone is 8. The van der Waals surface area contributed by atoms with Gasteiger partial charge in [-0.1, -0.05) is 113 Å². The normalized spacial score (nSPS) is 37.7. The molecule has 0 N–H and O–H groups in total. The minimum atomic E-state index is -3.46. The van der Waals surface area contributed by atoms with E-state index in [0.29, 0.717) is 11.1 Å². The quantitative estimate of drug-likeness (QED) is 0.0712. The van der Waals surface area contributed by atoms with E-state index in [4.69, 9.17) is 20.6 Å². The van der Waals surface area contributed by atoms with Crippen molar-refractivity contribution in [3.63, 3.8) is 0 Å². The Morgan fingerprint density at radius 1 is 0.313 bits per heavy atom. The van der Waals surface area contributed by atoms with Gasteiger partial charge in [0, 0.05) is 11.1 Å². The Morgan fingerprint density at radius 2 is 0.567 bits per heavy atom. The van der Waals surface area contributed by atoms with Gasteiger partial charge in [0.1, 0.15) is 0 Å². The molecule has 6 saturated carbocycles. The molecule has 0 saturated heterocycles. The van der Waals surface area contributed by atoms with Crippen molar-refractivity contribution < 1.29 is 20.6 Å². The van der Waals surface area contributed by atoms with Crippen LogP contribution in [-0.4, -0.2) is 50.9 Å². The lowest BCUT2D eigenvalue weighted by atomic mass is 9.91. The van der Waals surface area contributed by atoms with Crippen molar-refractivity contribution in [2.75, 3.05) is 0 Å². The standard InChI is InChI=1S/C56H98O5Si6/c1-62(2,31-27-51-39-43-19-23-47(51)35-43)57-66(55-15-11-9-12-16-55,58-63(3,4)32-28-52-40-44-20-24-48(52)36-44)61-67(56-17-13-10-14-18-56,59-64(5,6)33-29-53-41-45-21-25-49(53)37-45)60-65(7,8)34-30-54-42-46-22-26-50(54)38-46/h19-26,43-56H,9-18,27-42H2,1-8H3. The molecule has 0 radical (unpaired) electrons. The highest BCUT2D eigenvalue weighted by Gasteiger charge is 2.66. The van der Waals surface area contributed by atoms with Crippen LogP contribution in [0.25, 0.3) is 0 Å². The third-order valence-electron chi connectivity index (χ3n) is 20.3. The van der Waals surface area contributed by atoms with Crippen LogP contribution in [0.5, 0.6) is 0 Å². The molecule has 0 aliphatic heterocycles. The Balaban J connectivity index is 1.01. The summed E-state index contributed by atoms with van der Waals surface area (Å²) in [4.78, 5) is 0. The maximum Gasteiger partial charge on any atom is 0.475 e. The number of rotatable bonds is 24. The molecule has 10 rings (SSSR count). The zero-order valence-electron chi connectivity index (χ0n) is 44.1. The second-order valence-corrected chi connectivity index (χ2v) is 51.9. The Bertz CT molecular complexity index is 1580. The lowest BCUT2D eigenvalue weighted by Gasteiger charge is -2.53. The molecule has 0 spiro atoms. The molecule has 0 heterocycles. The summed E-state index contributed by atoms with van der Waals surface area (Å²) in [6.07, 6.45) is 49.1. The van der Waals surface area contributed by atoms with Gasteiger partial charge in [0.2, 0.25) is 0 Å². The Labute approximate surface area is 417 Å². The third-order valence-corrected chi connectivity index (χ3v) is 45.1. The number of hydrogen-bond donors (Lipinski definition) is 0. The van der Waals surface area contributed by atoms with Crippen LogP contribution in [0.2, 0.25) is 87.6 Å². The zero-order chi connectivity index (χ0) is 46.7. The van der Waals surface area contributed by atoms with Crippen molar-refractivity contribution in [3.8, 4) is 0 Å². The highest BCUT2D eigenvalue weighted by molar-refractivity contribution is 6.94. The van der Waals surface area contributed by atoms with Crippen molar-refractivity contribution in [3.05, 3.63) is 48.6 Å². The first-order valence-corrected chi connectivity index (χ1v) is 45.2. The van der Waals surface area contributed by atoms with E-state index in [1.54, 1.807) is 0 Å². The van der Waals surface area contributed by atoms with E-state index in [2.05, 4.69) is 101 Å². The molecule has 5 nitrogen and oxygen atoms in total. The fraction of sp³-hybridized carbons (Fsp3) is 0.857. The van der Waals surface area contributed by atoms with Crippen molar-refractivity contribution in [2.24, 2.45) is 71.0 Å². The highest BCUT2D eigenvalue weighted by atomic mass is 28.5. The molecule has 11 heteroatoms. The fourth-order valence-electron chi connectivity index (χ4n) is 16.5. The molecule has 12 unspecified atom stereocenters. The molecule has 0 amide bonds. The number of fused-ring (bicyclic) bond motifs is 8. The van der Waals surface area contributed by atoms with Crippen molar-refractivity contribution in [1.82, 2.24) is 0 Å². The van der Waals surface area contributed by atoms with E-state index in [9.17, 15) is 0 Å². The summed E-state index contributed by atoms with van der Waals surface area (Å²) in [5, 5.41) is 0. The van der Waals surface area contributed by atoms with Crippen molar-refractivity contribution in [2.45, 2.75) is 229 Å². The van der Waals surface area contributed by atoms with Crippen LogP contribution < -0.4 is 0 Å². The Hall–Kier alpha value is 0.0613. The second kappa shape index (κ2) is 20.4. The highest BCUT2D eigenvalue weighted by Crippen LogP contribution is 2.54. The SMILES string of the molecule is C[Si](C)(CCC1CC2C=CC1C2)O[Si](O[Si](C)(C)CCC1CC2C=CC1C2)(O[Si](O[Si](C)(C)CCC1CC2C=CC1C2)(O[Si](C)(C)CCC1CC2C=CC1C2)C1CCCCC1)C1CCCCC1. The third kappa shape index (κ3) is 12.0. The zero-order valence-corrected chi connectivity index (χ0v) is 50.1. The van der Waals surface area contributed by atoms with Crippen LogP contribution >= 0.6 is 0 Å². The average molecular weight is 1020 g/mol. The van der Waals surface area contributed by atoms with Gasteiger partial charge < -0.3 is 20.6 Å². The molecule has 10 aliphatic carbocycles. The molecule has 67 heavy (non-hydrogen) atoms. The smallest absolute Gasteiger partial charge is 0.416 e. The molecule has 10 aliphatic rings. The van der Waals surface area contributed by atoms with Gasteiger partial charge >= 0.3 is 17.6 Å². The van der Waals surface area contributed by atoms with Gasteiger partial charge in [0.15, 0.2) is 33.3 Å². The van der Waals surface area contributed by atoms with Gasteiger partial charge in [0.05, 0.1) is 0 Å². The van der Waals surface area contributed by atoms with Gasteiger partial charge in [-0.05, 0) is 225 Å². The van der Waals surface area contributed by atoms with Crippen LogP contribution in [0.4, 0.5) is 0 Å². The average Bonchev–Trinajstić information content (AvgIpc) is 4.17. The van der Waals surface area contributed by atoms with Gasteiger partial charge in [-0.15, -0.1) is 0 Å². The summed E-state index contributed by atoms with van der Waals surface area (Å²) in [5.41, 5.74) is 0.684. The molecule has 376 valence electrons. The molecule has 12 atom stereocenters. The monoisotopic (exact) mass is 1020 g/mol. The molecule has 8 bridgehead atoms. The molecular weight excluding hydrogens is 921 g/mol. The first-order chi connectivity index (χ1) is 31.9. The van der Waals surface area contributed by atoms with Gasteiger partial charge in [0.25, 0.3) is 0 Å². The van der Waals surface area contributed by atoms with Crippen molar-refractivity contribution in [1.29, 1.82) is 0 Å². The molecule has 0 aromatic rings. The molecule has 0 aromatic carbocycles. The van der Waals surface area contributed by atoms with Crippen molar-refractivity contribution >= 4 is 50.9 Å². The minimum Gasteiger partial charge on any atom is -0.416 e. The predicted octanol–water partition coefficient (Wildman–Crippen LogP) is 16.8. The van der Waals surface area contributed by atoms with Crippen LogP contribution in [0.15, 0.2) is 48.6 Å². The summed E-state index contributed by atoms with van der Waals surface area (Å²) >= 11 is 0. The van der Waals surface area contributed by atoms with E-state index in [1.807, 2.05) is 0 Å². The summed E-state index contributed by atoms with van der Waals surface area (Å²) < 4.78 is 42.5. The maximum atomic E-state index is 8.82. The van der Waals surface area contributed by atoms with E-state index in [-0.39, 0.29) is 0 Å². The largest absolute Gasteiger partial charge is 0.475 e. The summed E-state index contributed by atoms with van der Waals surface area (Å²) in [6, 6.07) is 4.83. The lowest BCUT2D eigenvalue weighted by molar-refractivity contribution is 0.139. The summed E-state index contributed by atoms with van der Waals surface area (Å²) in [6.45, 7) is 20.7. The van der Waals surface area contributed by atoms with E-state index < -0.39 is 50.9 Å². The van der Waals surface area contributed by atoms with Gasteiger partial charge in [-0.3, -0.25) is 0 Å². The maximum absolute atomic E-state index is 8.82. The summed E-state index contributed by atoms with van der Waals surface area (Å²) in [5.74, 6) is 9.67. The first-order valence-electron chi connectivity index (χ1n) is 29.2. The summed E-state index contributed by atoms with van der Waals surface area (Å²) in [7, 11) is -16.1. The van der Waals surface area contributed by atoms with Crippen LogP contribution in [0.1, 0.15) is 141 Å². The Morgan fingerprint density at radius 3 is 0.776 bits per heavy atom. The van der Waals surface area contributed by atoms with Crippen LogP contribution in [0, 0.1) is 71.0 Å². The minimum absolute atomic E-state index is 0.342. The predicted molar refractivity (Wildman–Crippen MR) is 294 cm³/mol. The molecule has 0 aromatic heterocycles. The van der Waals surface area contributed by atoms with E-state index >= 15 is 0 Å².